The van der Waals surface area contributed by atoms with Crippen LogP contribution in [0.15, 0.2) is 5.16 Å². The zero-order chi connectivity index (χ0) is 11.9. The first kappa shape index (κ1) is 12.8. The molecule has 5 nitrogen and oxygen atoms in total. The van der Waals surface area contributed by atoms with E-state index >= 15 is 0 Å². The lowest BCUT2D eigenvalue weighted by Crippen LogP contribution is -2.30. The number of hydrogen-bond acceptors (Lipinski definition) is 5. The molecule has 1 aliphatic carbocycles. The molecule has 96 valence electrons. The average molecular weight is 255 g/mol. The molecule has 1 fully saturated rings. The van der Waals surface area contributed by atoms with E-state index in [9.17, 15) is 0 Å². The highest BCUT2D eigenvalue weighted by molar-refractivity contribution is 7.99. The standard InChI is InChI=1S/C11H21N5S/c1-16-11(13-14-15-16)17-9-8-12-10-6-4-2-3-5-7-10/h10,12H,2-9H2,1H3. The number of hydrogen-bond donors (Lipinski definition) is 1. The van der Waals surface area contributed by atoms with Gasteiger partial charge in [-0.25, -0.2) is 4.68 Å². The van der Waals surface area contributed by atoms with Crippen molar-refractivity contribution in [3.8, 4) is 0 Å². The quantitative estimate of drug-likeness (QED) is 0.492. The maximum atomic E-state index is 3.95. The Balaban J connectivity index is 1.61. The third kappa shape index (κ3) is 4.27. The van der Waals surface area contributed by atoms with Gasteiger partial charge in [0.15, 0.2) is 0 Å². The largest absolute Gasteiger partial charge is 0.313 e. The van der Waals surface area contributed by atoms with E-state index in [1.165, 1.54) is 38.5 Å². The zero-order valence-electron chi connectivity index (χ0n) is 10.4. The lowest BCUT2D eigenvalue weighted by atomic mass is 10.1. The Bertz CT molecular complexity index is 319. The van der Waals surface area contributed by atoms with Crippen molar-refractivity contribution in [3.05, 3.63) is 0 Å². The van der Waals surface area contributed by atoms with Gasteiger partial charge in [0.05, 0.1) is 0 Å². The summed E-state index contributed by atoms with van der Waals surface area (Å²) in [6.45, 7) is 1.04. The van der Waals surface area contributed by atoms with Crippen LogP contribution in [0.5, 0.6) is 0 Å². The lowest BCUT2D eigenvalue weighted by Gasteiger charge is -2.15. The number of nitrogens with one attached hydrogen (secondary N) is 1. The van der Waals surface area contributed by atoms with Crippen molar-refractivity contribution < 1.29 is 0 Å². The minimum Gasteiger partial charge on any atom is -0.313 e. The molecular weight excluding hydrogens is 234 g/mol. The maximum Gasteiger partial charge on any atom is 0.209 e. The van der Waals surface area contributed by atoms with E-state index < -0.39 is 0 Å². The summed E-state index contributed by atoms with van der Waals surface area (Å²) in [6.07, 6.45) is 8.29. The highest BCUT2D eigenvalue weighted by atomic mass is 32.2. The third-order valence-electron chi connectivity index (χ3n) is 3.20. The number of aromatic nitrogens is 4. The summed E-state index contributed by atoms with van der Waals surface area (Å²) in [4.78, 5) is 0. The van der Waals surface area contributed by atoms with Crippen LogP contribution in [0.25, 0.3) is 0 Å². The Labute approximate surface area is 107 Å². The minimum absolute atomic E-state index is 0.732. The van der Waals surface area contributed by atoms with Gasteiger partial charge in [-0.3, -0.25) is 0 Å². The number of aryl methyl sites for hydroxylation is 1. The molecule has 1 heterocycles. The number of rotatable bonds is 5. The van der Waals surface area contributed by atoms with Crippen molar-refractivity contribution in [2.45, 2.75) is 49.7 Å². The van der Waals surface area contributed by atoms with Crippen molar-refractivity contribution in [2.24, 2.45) is 7.05 Å². The van der Waals surface area contributed by atoms with Gasteiger partial charge in [-0.1, -0.05) is 37.4 Å². The summed E-state index contributed by atoms with van der Waals surface area (Å²) in [5.41, 5.74) is 0. The first-order valence-corrected chi connectivity index (χ1v) is 7.43. The van der Waals surface area contributed by atoms with Crippen molar-refractivity contribution in [1.29, 1.82) is 0 Å². The summed E-state index contributed by atoms with van der Waals surface area (Å²) in [5.74, 6) is 1.03. The molecule has 0 saturated heterocycles. The van der Waals surface area contributed by atoms with Crippen LogP contribution in [0.2, 0.25) is 0 Å². The summed E-state index contributed by atoms with van der Waals surface area (Å²) in [5, 5.41) is 15.9. The number of thioether (sulfide) groups is 1. The van der Waals surface area contributed by atoms with Gasteiger partial charge < -0.3 is 5.32 Å². The first-order valence-electron chi connectivity index (χ1n) is 6.45. The second kappa shape index (κ2) is 6.96. The molecule has 1 aromatic rings. The van der Waals surface area contributed by atoms with Gasteiger partial charge in [-0.15, -0.1) is 5.10 Å². The van der Waals surface area contributed by atoms with Gasteiger partial charge in [-0.05, 0) is 23.3 Å². The predicted molar refractivity (Wildman–Crippen MR) is 69.0 cm³/mol. The van der Waals surface area contributed by atoms with Crippen molar-refractivity contribution in [3.63, 3.8) is 0 Å². The molecule has 1 aliphatic rings. The van der Waals surface area contributed by atoms with E-state index in [2.05, 4.69) is 20.8 Å². The maximum absolute atomic E-state index is 3.95. The normalized spacial score (nSPS) is 18.2. The molecule has 0 amide bonds. The van der Waals surface area contributed by atoms with E-state index in [0.717, 1.165) is 23.5 Å². The van der Waals surface area contributed by atoms with Crippen molar-refractivity contribution in [1.82, 2.24) is 25.5 Å². The molecule has 0 unspecified atom stereocenters. The second-order valence-electron chi connectivity index (χ2n) is 4.58. The molecule has 0 aliphatic heterocycles. The second-order valence-corrected chi connectivity index (χ2v) is 5.64. The van der Waals surface area contributed by atoms with Crippen LogP contribution in [0.3, 0.4) is 0 Å². The van der Waals surface area contributed by atoms with Crippen molar-refractivity contribution >= 4 is 11.8 Å². The molecule has 0 radical (unpaired) electrons. The molecule has 2 rings (SSSR count). The van der Waals surface area contributed by atoms with E-state index in [4.69, 9.17) is 0 Å². The van der Waals surface area contributed by atoms with Crippen LogP contribution >= 0.6 is 11.8 Å². The Hall–Kier alpha value is -0.620. The molecule has 0 atom stereocenters. The predicted octanol–water partition coefficient (Wildman–Crippen LogP) is 1.61. The van der Waals surface area contributed by atoms with E-state index in [-0.39, 0.29) is 0 Å². The molecule has 0 aromatic carbocycles. The smallest absolute Gasteiger partial charge is 0.209 e. The van der Waals surface area contributed by atoms with Crippen LogP contribution in [-0.2, 0) is 7.05 Å². The topological polar surface area (TPSA) is 55.6 Å². The van der Waals surface area contributed by atoms with Crippen LogP contribution in [-0.4, -0.2) is 38.5 Å². The van der Waals surface area contributed by atoms with E-state index in [1.807, 2.05) is 7.05 Å². The van der Waals surface area contributed by atoms with Crippen LogP contribution < -0.4 is 5.32 Å². The van der Waals surface area contributed by atoms with Gasteiger partial charge in [0, 0.05) is 25.4 Å². The van der Waals surface area contributed by atoms with Crippen LogP contribution in [0.1, 0.15) is 38.5 Å². The fraction of sp³-hybridized carbons (Fsp3) is 0.909. The van der Waals surface area contributed by atoms with Gasteiger partial charge in [0.1, 0.15) is 0 Å². The fourth-order valence-electron chi connectivity index (χ4n) is 2.23. The number of nitrogens with zero attached hydrogens (tertiary/aromatic N) is 4. The summed E-state index contributed by atoms with van der Waals surface area (Å²) in [6, 6.07) is 0.732. The lowest BCUT2D eigenvalue weighted by molar-refractivity contribution is 0.474. The van der Waals surface area contributed by atoms with E-state index in [1.54, 1.807) is 16.4 Å². The molecule has 0 bridgehead atoms. The molecule has 0 spiro atoms. The summed E-state index contributed by atoms with van der Waals surface area (Å²) in [7, 11) is 1.88. The summed E-state index contributed by atoms with van der Waals surface area (Å²) < 4.78 is 1.72. The molecule has 1 aromatic heterocycles. The average Bonchev–Trinajstić information content (AvgIpc) is 2.60. The van der Waals surface area contributed by atoms with Gasteiger partial charge in [0.2, 0.25) is 5.16 Å². The Morgan fingerprint density at radius 3 is 2.71 bits per heavy atom. The summed E-state index contributed by atoms with van der Waals surface area (Å²) >= 11 is 1.71. The zero-order valence-corrected chi connectivity index (χ0v) is 11.2. The minimum atomic E-state index is 0.732. The Morgan fingerprint density at radius 2 is 2.06 bits per heavy atom. The Morgan fingerprint density at radius 1 is 1.29 bits per heavy atom. The highest BCUT2D eigenvalue weighted by Gasteiger charge is 2.11. The SMILES string of the molecule is Cn1nnnc1SCCNC1CCCCCC1. The fourth-order valence-corrected chi connectivity index (χ4v) is 2.95. The monoisotopic (exact) mass is 255 g/mol. The molecule has 1 saturated carbocycles. The Kier molecular flexibility index (Phi) is 5.25. The third-order valence-corrected chi connectivity index (χ3v) is 4.21. The molecule has 6 heteroatoms. The highest BCUT2D eigenvalue weighted by Crippen LogP contribution is 2.17. The van der Waals surface area contributed by atoms with Crippen LogP contribution in [0, 0.1) is 0 Å². The van der Waals surface area contributed by atoms with Gasteiger partial charge >= 0.3 is 0 Å². The van der Waals surface area contributed by atoms with Crippen molar-refractivity contribution in [2.75, 3.05) is 12.3 Å². The van der Waals surface area contributed by atoms with Gasteiger partial charge in [-0.2, -0.15) is 0 Å². The molecule has 1 N–H and O–H groups in total. The van der Waals surface area contributed by atoms with Crippen LogP contribution in [0.4, 0.5) is 0 Å². The molecule has 17 heavy (non-hydrogen) atoms. The number of tetrazole rings is 1. The van der Waals surface area contributed by atoms with E-state index in [0.29, 0.717) is 0 Å². The van der Waals surface area contributed by atoms with Gasteiger partial charge in [0.25, 0.3) is 0 Å². The molecular formula is C11H21N5S. The first-order chi connectivity index (χ1) is 8.36.